The number of unbranched alkanes of at least 4 members (excludes halogenated alkanes) is 8. The van der Waals surface area contributed by atoms with E-state index in [4.69, 9.17) is 15.5 Å². The first-order valence-corrected chi connectivity index (χ1v) is 9.13. The van der Waals surface area contributed by atoms with Crippen LogP contribution in [-0.2, 0) is 19.8 Å². The number of carbonyl (C=O) groups excluding carboxylic acids is 1. The van der Waals surface area contributed by atoms with Crippen LogP contribution in [0, 0.1) is 0 Å². The SMILES string of the molecule is CS(=O)(=O)O.NCCCCCCCCCCCC(=O)OO. The molecule has 0 unspecified atom stereocenters. The van der Waals surface area contributed by atoms with Gasteiger partial charge in [0.1, 0.15) is 0 Å². The molecule has 128 valence electrons. The van der Waals surface area contributed by atoms with Gasteiger partial charge in [-0.05, 0) is 19.4 Å². The molecule has 7 nitrogen and oxygen atoms in total. The van der Waals surface area contributed by atoms with Gasteiger partial charge in [-0.1, -0.05) is 44.9 Å². The number of rotatable bonds is 11. The van der Waals surface area contributed by atoms with Gasteiger partial charge in [-0.25, -0.2) is 4.79 Å². The van der Waals surface area contributed by atoms with Crippen molar-refractivity contribution in [3.05, 3.63) is 0 Å². The first kappa shape index (κ1) is 22.6. The maximum atomic E-state index is 10.6. The largest absolute Gasteiger partial charge is 0.342 e. The van der Waals surface area contributed by atoms with Crippen molar-refractivity contribution in [1.82, 2.24) is 0 Å². The van der Waals surface area contributed by atoms with Crippen LogP contribution in [0.4, 0.5) is 0 Å². The third-order valence-corrected chi connectivity index (χ3v) is 2.69. The van der Waals surface area contributed by atoms with Gasteiger partial charge in [0.25, 0.3) is 10.1 Å². The summed E-state index contributed by atoms with van der Waals surface area (Å²) in [6.45, 7) is 0.807. The van der Waals surface area contributed by atoms with Crippen molar-refractivity contribution >= 4 is 16.1 Å². The minimum Gasteiger partial charge on any atom is -0.330 e. The molecule has 0 fully saturated rings. The zero-order valence-electron chi connectivity index (χ0n) is 12.8. The Morgan fingerprint density at radius 2 is 1.29 bits per heavy atom. The lowest BCUT2D eigenvalue weighted by atomic mass is 10.1. The van der Waals surface area contributed by atoms with E-state index in [9.17, 15) is 13.2 Å². The summed E-state index contributed by atoms with van der Waals surface area (Å²) in [5, 5.41) is 8.02. The lowest BCUT2D eigenvalue weighted by molar-refractivity contribution is -0.234. The van der Waals surface area contributed by atoms with Gasteiger partial charge in [-0.15, -0.1) is 0 Å². The fourth-order valence-electron chi connectivity index (χ4n) is 1.70. The monoisotopic (exact) mass is 327 g/mol. The number of nitrogens with two attached hydrogens (primary N) is 1. The Morgan fingerprint density at radius 3 is 1.62 bits per heavy atom. The molecule has 0 aromatic carbocycles. The topological polar surface area (TPSA) is 127 Å². The van der Waals surface area contributed by atoms with Crippen molar-refractivity contribution in [2.24, 2.45) is 5.73 Å². The van der Waals surface area contributed by atoms with E-state index in [1.54, 1.807) is 0 Å². The van der Waals surface area contributed by atoms with Crippen molar-refractivity contribution in [3.8, 4) is 0 Å². The molecule has 0 aliphatic heterocycles. The minimum absolute atomic E-state index is 0.326. The molecule has 0 rings (SSSR count). The third-order valence-electron chi connectivity index (χ3n) is 2.69. The molecule has 0 aliphatic carbocycles. The number of carbonyl (C=O) groups is 1. The molecule has 0 spiro atoms. The quantitative estimate of drug-likeness (QED) is 0.230. The molecule has 4 N–H and O–H groups in total. The van der Waals surface area contributed by atoms with Crippen LogP contribution in [0.15, 0.2) is 0 Å². The Morgan fingerprint density at radius 1 is 0.952 bits per heavy atom. The van der Waals surface area contributed by atoms with E-state index in [1.165, 1.54) is 32.1 Å². The molecule has 21 heavy (non-hydrogen) atoms. The van der Waals surface area contributed by atoms with Gasteiger partial charge < -0.3 is 10.6 Å². The predicted molar refractivity (Wildman–Crippen MR) is 81.4 cm³/mol. The summed E-state index contributed by atoms with van der Waals surface area (Å²) in [5.41, 5.74) is 5.40. The molecule has 0 amide bonds. The van der Waals surface area contributed by atoms with E-state index in [-0.39, 0.29) is 0 Å². The van der Waals surface area contributed by atoms with E-state index >= 15 is 0 Å². The molecule has 0 heterocycles. The van der Waals surface area contributed by atoms with Crippen molar-refractivity contribution in [2.45, 2.75) is 64.2 Å². The zero-order chi connectivity index (χ0) is 16.6. The highest BCUT2D eigenvalue weighted by atomic mass is 32.2. The molecular formula is C13H29NO6S. The summed E-state index contributed by atoms with van der Waals surface area (Å²) in [5.74, 6) is -0.526. The molecular weight excluding hydrogens is 298 g/mol. The maximum absolute atomic E-state index is 10.6. The van der Waals surface area contributed by atoms with Crippen LogP contribution in [0.3, 0.4) is 0 Å². The third kappa shape index (κ3) is 32.7. The van der Waals surface area contributed by atoms with Crippen molar-refractivity contribution < 1.29 is 27.9 Å². The smallest absolute Gasteiger partial charge is 0.330 e. The van der Waals surface area contributed by atoms with Crippen molar-refractivity contribution in [3.63, 3.8) is 0 Å². The summed E-state index contributed by atoms with van der Waals surface area (Å²) >= 11 is 0. The second-order valence-electron chi connectivity index (χ2n) is 4.92. The van der Waals surface area contributed by atoms with Gasteiger partial charge in [0.15, 0.2) is 0 Å². The van der Waals surface area contributed by atoms with Gasteiger partial charge in [0, 0.05) is 6.42 Å². The summed E-state index contributed by atoms with van der Waals surface area (Å²) in [6, 6.07) is 0. The predicted octanol–water partition coefficient (Wildman–Crippen LogP) is 2.37. The zero-order valence-corrected chi connectivity index (χ0v) is 13.6. The molecule has 8 heteroatoms. The van der Waals surface area contributed by atoms with Gasteiger partial charge >= 0.3 is 5.97 Å². The second-order valence-corrected chi connectivity index (χ2v) is 6.38. The molecule has 0 aromatic heterocycles. The Balaban J connectivity index is 0. The van der Waals surface area contributed by atoms with E-state index in [2.05, 4.69) is 4.89 Å². The van der Waals surface area contributed by atoms with Gasteiger partial charge in [-0.3, -0.25) is 4.55 Å². The first-order valence-electron chi connectivity index (χ1n) is 7.28. The van der Waals surface area contributed by atoms with E-state index < -0.39 is 16.1 Å². The van der Waals surface area contributed by atoms with E-state index in [0.717, 1.165) is 32.2 Å². The summed E-state index contributed by atoms with van der Waals surface area (Å²) in [7, 11) is -3.67. The summed E-state index contributed by atoms with van der Waals surface area (Å²) in [4.78, 5) is 14.1. The molecule has 0 atom stereocenters. The Labute approximate surface area is 127 Å². The molecule has 0 saturated carbocycles. The molecule has 0 bridgehead atoms. The fraction of sp³-hybridized carbons (Fsp3) is 0.923. The Kier molecular flexibility index (Phi) is 16.9. The van der Waals surface area contributed by atoms with Crippen LogP contribution in [0.25, 0.3) is 0 Å². The van der Waals surface area contributed by atoms with Crippen molar-refractivity contribution in [1.29, 1.82) is 0 Å². The molecule has 0 saturated heterocycles. The lowest BCUT2D eigenvalue weighted by Crippen LogP contribution is -1.99. The average molecular weight is 327 g/mol. The number of hydrogen-bond donors (Lipinski definition) is 3. The highest BCUT2D eigenvalue weighted by molar-refractivity contribution is 7.85. The van der Waals surface area contributed by atoms with Gasteiger partial charge in [0.05, 0.1) is 6.26 Å². The second kappa shape index (κ2) is 15.7. The van der Waals surface area contributed by atoms with Crippen LogP contribution in [0.1, 0.15) is 64.2 Å². The molecule has 0 aliphatic rings. The van der Waals surface area contributed by atoms with Crippen LogP contribution >= 0.6 is 0 Å². The summed E-state index contributed by atoms with van der Waals surface area (Å²) < 4.78 is 25.9. The highest BCUT2D eigenvalue weighted by Crippen LogP contribution is 2.10. The molecule has 0 aromatic rings. The Bertz CT molecular complexity index is 324. The number of hydrogen-bond acceptors (Lipinski definition) is 6. The average Bonchev–Trinajstić information content (AvgIpc) is 2.38. The van der Waals surface area contributed by atoms with Crippen LogP contribution in [0.5, 0.6) is 0 Å². The van der Waals surface area contributed by atoms with E-state index in [1.807, 2.05) is 0 Å². The van der Waals surface area contributed by atoms with Gasteiger partial charge in [-0.2, -0.15) is 13.7 Å². The summed E-state index contributed by atoms with van der Waals surface area (Å²) in [6.07, 6.45) is 11.5. The standard InChI is InChI=1S/C12H25NO3.CH4O3S/c13-11-9-7-5-3-1-2-4-6-8-10-12(14)16-15;1-5(2,3)4/h15H,1-11,13H2;1H3,(H,2,3,4). The van der Waals surface area contributed by atoms with E-state index in [0.29, 0.717) is 12.7 Å². The molecule has 0 radical (unpaired) electrons. The fourth-order valence-corrected chi connectivity index (χ4v) is 1.70. The van der Waals surface area contributed by atoms with Crippen molar-refractivity contribution in [2.75, 3.05) is 12.8 Å². The van der Waals surface area contributed by atoms with Crippen LogP contribution < -0.4 is 5.73 Å². The highest BCUT2D eigenvalue weighted by Gasteiger charge is 2.00. The van der Waals surface area contributed by atoms with Crippen LogP contribution in [0.2, 0.25) is 0 Å². The normalized spacial score (nSPS) is 10.7. The van der Waals surface area contributed by atoms with Gasteiger partial charge in [0.2, 0.25) is 0 Å². The maximum Gasteiger partial charge on any atom is 0.342 e. The lowest BCUT2D eigenvalue weighted by Gasteiger charge is -2.01. The van der Waals surface area contributed by atoms with Crippen LogP contribution in [-0.4, -0.2) is 37.0 Å². The first-order chi connectivity index (χ1) is 9.81. The Hall–Kier alpha value is -0.700. The minimum atomic E-state index is -3.67.